The van der Waals surface area contributed by atoms with E-state index in [4.69, 9.17) is 11.6 Å². The molecule has 1 fully saturated rings. The molecule has 2 aromatic rings. The number of H-pyrrole nitrogens is 1. The Balaban J connectivity index is 1.54. The Labute approximate surface area is 210 Å². The van der Waals surface area contributed by atoms with Crippen molar-refractivity contribution in [2.24, 2.45) is 5.92 Å². The number of anilines is 1. The second kappa shape index (κ2) is 10.9. The predicted octanol–water partition coefficient (Wildman–Crippen LogP) is 3.51. The molecular formula is C23H27ClF3N5O4. The smallest absolute Gasteiger partial charge is 0.389 e. The predicted molar refractivity (Wildman–Crippen MR) is 126 cm³/mol. The Morgan fingerprint density at radius 3 is 2.42 bits per heavy atom. The number of rotatable bonds is 7. The van der Waals surface area contributed by atoms with E-state index in [1.807, 2.05) is 0 Å². The molecule has 0 atom stereocenters. The number of hydrogen-bond acceptors (Lipinski definition) is 5. The van der Waals surface area contributed by atoms with E-state index in [2.05, 4.69) is 25.9 Å². The summed E-state index contributed by atoms with van der Waals surface area (Å²) < 4.78 is 38.9. The number of alkyl halides is 3. The lowest BCUT2D eigenvalue weighted by atomic mass is 9.85. The molecule has 0 radical (unpaired) electrons. The number of nitrogens with zero attached hydrogens (tertiary/aromatic N) is 1. The van der Waals surface area contributed by atoms with Crippen molar-refractivity contribution in [1.82, 2.24) is 20.6 Å². The van der Waals surface area contributed by atoms with E-state index in [1.54, 1.807) is 0 Å². The number of hydrogen-bond donors (Lipinski definition) is 5. The van der Waals surface area contributed by atoms with Crippen LogP contribution in [0.1, 0.15) is 66.1 Å². The van der Waals surface area contributed by atoms with Crippen LogP contribution < -0.4 is 16.0 Å². The van der Waals surface area contributed by atoms with Crippen LogP contribution in [0.25, 0.3) is 0 Å². The number of aromatic amines is 1. The van der Waals surface area contributed by atoms with Gasteiger partial charge in [-0.1, -0.05) is 11.6 Å². The van der Waals surface area contributed by atoms with Crippen LogP contribution in [0.5, 0.6) is 0 Å². The first-order chi connectivity index (χ1) is 16.7. The summed E-state index contributed by atoms with van der Waals surface area (Å²) in [5.74, 6) is -2.05. The first-order valence-corrected chi connectivity index (χ1v) is 11.6. The molecule has 1 heterocycles. The zero-order valence-electron chi connectivity index (χ0n) is 19.6. The van der Waals surface area contributed by atoms with Crippen molar-refractivity contribution in [2.45, 2.75) is 57.3 Å². The molecule has 1 aliphatic carbocycles. The van der Waals surface area contributed by atoms with Gasteiger partial charge < -0.3 is 26.0 Å². The van der Waals surface area contributed by atoms with Crippen molar-refractivity contribution in [3.63, 3.8) is 0 Å². The van der Waals surface area contributed by atoms with E-state index in [0.717, 1.165) is 18.2 Å². The van der Waals surface area contributed by atoms with Gasteiger partial charge in [-0.2, -0.15) is 13.2 Å². The Hall–Kier alpha value is -3.12. The molecule has 3 amide bonds. The molecule has 0 unspecified atom stereocenters. The van der Waals surface area contributed by atoms with Gasteiger partial charge in [-0.25, -0.2) is 4.98 Å². The van der Waals surface area contributed by atoms with Crippen LogP contribution in [0.15, 0.2) is 24.5 Å². The van der Waals surface area contributed by atoms with Crippen LogP contribution in [0.3, 0.4) is 0 Å². The number of imidazole rings is 1. The standard InChI is InChI=1S/C23H27ClF3N5O4/c1-22(2,36)10-28-20(34)17-18(30-11-29-17)21(35)31-14-6-3-12(4-7-14)19(33)32-16-9-13(23(25,26)27)5-8-15(16)24/h5,8-9,11-12,14,36H,3-4,6-7,10H2,1-2H3,(H,28,34)(H,29,30)(H,31,35)(H,32,33)/t12-,14-. The number of benzene rings is 1. The topological polar surface area (TPSA) is 136 Å². The maximum Gasteiger partial charge on any atom is 0.416 e. The summed E-state index contributed by atoms with van der Waals surface area (Å²) in [7, 11) is 0. The average molecular weight is 530 g/mol. The maximum absolute atomic E-state index is 13.0. The average Bonchev–Trinajstić information content (AvgIpc) is 3.28. The second-order valence-electron chi connectivity index (χ2n) is 9.32. The fraction of sp³-hybridized carbons (Fsp3) is 0.478. The SMILES string of the molecule is CC(C)(O)CNC(=O)c1nc[nH]c1C(=O)N[C@H]1CC[C@H](C(=O)Nc2cc(C(F)(F)F)ccc2Cl)CC1. The molecule has 1 saturated carbocycles. The normalized spacial score (nSPS) is 18.4. The number of amides is 3. The van der Waals surface area contributed by atoms with Gasteiger partial charge >= 0.3 is 6.18 Å². The number of carbonyl (C=O) groups excluding carboxylic acids is 3. The van der Waals surface area contributed by atoms with Gasteiger partial charge in [0, 0.05) is 18.5 Å². The van der Waals surface area contributed by atoms with E-state index in [-0.39, 0.29) is 34.7 Å². The van der Waals surface area contributed by atoms with Crippen LogP contribution >= 0.6 is 11.6 Å². The molecule has 1 aromatic heterocycles. The minimum atomic E-state index is -4.56. The Morgan fingerprint density at radius 1 is 1.14 bits per heavy atom. The number of nitrogens with one attached hydrogen (secondary N) is 4. The van der Waals surface area contributed by atoms with E-state index in [9.17, 15) is 32.7 Å². The molecule has 5 N–H and O–H groups in total. The van der Waals surface area contributed by atoms with Crippen molar-refractivity contribution in [3.8, 4) is 0 Å². The van der Waals surface area contributed by atoms with Gasteiger partial charge in [-0.05, 0) is 57.7 Å². The zero-order valence-corrected chi connectivity index (χ0v) is 20.4. The highest BCUT2D eigenvalue weighted by Gasteiger charge is 2.32. The largest absolute Gasteiger partial charge is 0.416 e. The summed E-state index contributed by atoms with van der Waals surface area (Å²) in [6.45, 7) is 3.02. The maximum atomic E-state index is 13.0. The summed E-state index contributed by atoms with van der Waals surface area (Å²) >= 11 is 5.96. The Kier molecular flexibility index (Phi) is 8.29. The van der Waals surface area contributed by atoms with Gasteiger partial charge in [-0.15, -0.1) is 0 Å². The molecule has 196 valence electrons. The van der Waals surface area contributed by atoms with Gasteiger partial charge in [0.05, 0.1) is 28.2 Å². The Morgan fingerprint density at radius 2 is 1.81 bits per heavy atom. The molecule has 0 bridgehead atoms. The minimum Gasteiger partial charge on any atom is -0.389 e. The fourth-order valence-corrected chi connectivity index (χ4v) is 3.97. The molecule has 9 nitrogen and oxygen atoms in total. The van der Waals surface area contributed by atoms with E-state index < -0.39 is 41.0 Å². The van der Waals surface area contributed by atoms with Crippen LogP contribution in [0, 0.1) is 5.92 Å². The van der Waals surface area contributed by atoms with Gasteiger partial charge in [0.1, 0.15) is 5.69 Å². The monoisotopic (exact) mass is 529 g/mol. The highest BCUT2D eigenvalue weighted by Crippen LogP contribution is 2.34. The van der Waals surface area contributed by atoms with Crippen LogP contribution in [0.2, 0.25) is 5.02 Å². The summed E-state index contributed by atoms with van der Waals surface area (Å²) in [6, 6.07) is 2.45. The van der Waals surface area contributed by atoms with Crippen molar-refractivity contribution < 1.29 is 32.7 Å². The van der Waals surface area contributed by atoms with E-state index in [1.165, 1.54) is 20.2 Å². The molecule has 0 spiro atoms. The van der Waals surface area contributed by atoms with Crippen molar-refractivity contribution in [2.75, 3.05) is 11.9 Å². The van der Waals surface area contributed by atoms with Crippen molar-refractivity contribution >= 4 is 35.0 Å². The molecular weight excluding hydrogens is 503 g/mol. The highest BCUT2D eigenvalue weighted by molar-refractivity contribution is 6.33. The highest BCUT2D eigenvalue weighted by atomic mass is 35.5. The Bertz CT molecular complexity index is 1120. The number of aliphatic hydroxyl groups is 1. The third-order valence-electron chi connectivity index (χ3n) is 5.75. The van der Waals surface area contributed by atoms with Gasteiger partial charge in [-0.3, -0.25) is 14.4 Å². The van der Waals surface area contributed by atoms with Gasteiger partial charge in [0.25, 0.3) is 11.8 Å². The lowest BCUT2D eigenvalue weighted by Gasteiger charge is -2.28. The summed E-state index contributed by atoms with van der Waals surface area (Å²) in [6.07, 6.45) is -1.65. The van der Waals surface area contributed by atoms with E-state index in [0.29, 0.717) is 25.7 Å². The summed E-state index contributed by atoms with van der Waals surface area (Å²) in [5.41, 5.74) is -2.29. The van der Waals surface area contributed by atoms with Gasteiger partial charge in [0.2, 0.25) is 5.91 Å². The van der Waals surface area contributed by atoms with Crippen LogP contribution in [-0.2, 0) is 11.0 Å². The lowest BCUT2D eigenvalue weighted by Crippen LogP contribution is -2.41. The molecule has 1 aromatic carbocycles. The molecule has 1 aliphatic rings. The number of carbonyl (C=O) groups is 3. The third-order valence-corrected chi connectivity index (χ3v) is 6.08. The third kappa shape index (κ3) is 7.20. The summed E-state index contributed by atoms with van der Waals surface area (Å²) in [4.78, 5) is 44.2. The molecule has 0 saturated heterocycles. The van der Waals surface area contributed by atoms with Crippen molar-refractivity contribution in [1.29, 1.82) is 0 Å². The number of halogens is 4. The fourth-order valence-electron chi connectivity index (χ4n) is 3.81. The summed E-state index contributed by atoms with van der Waals surface area (Å²) in [5, 5.41) is 17.6. The molecule has 0 aliphatic heterocycles. The molecule has 13 heteroatoms. The van der Waals surface area contributed by atoms with E-state index >= 15 is 0 Å². The zero-order chi connectivity index (χ0) is 26.7. The molecule has 3 rings (SSSR count). The van der Waals surface area contributed by atoms with Crippen molar-refractivity contribution in [3.05, 3.63) is 46.5 Å². The number of aromatic nitrogens is 2. The second-order valence-corrected chi connectivity index (χ2v) is 9.73. The van der Waals surface area contributed by atoms with Crippen LogP contribution in [0.4, 0.5) is 18.9 Å². The van der Waals surface area contributed by atoms with Crippen LogP contribution in [-0.4, -0.2) is 51.0 Å². The first-order valence-electron chi connectivity index (χ1n) is 11.3. The molecule has 36 heavy (non-hydrogen) atoms. The lowest BCUT2D eigenvalue weighted by molar-refractivity contribution is -0.137. The quantitative estimate of drug-likeness (QED) is 0.374. The minimum absolute atomic E-state index is 0.000695. The van der Waals surface area contributed by atoms with Gasteiger partial charge in [0.15, 0.2) is 5.69 Å². The first kappa shape index (κ1) is 27.5.